The van der Waals surface area contributed by atoms with Crippen LogP contribution in [0.5, 0.6) is 5.75 Å². The second-order valence-electron chi connectivity index (χ2n) is 7.31. The predicted octanol–water partition coefficient (Wildman–Crippen LogP) is 3.33. The van der Waals surface area contributed by atoms with Crippen molar-refractivity contribution in [1.82, 2.24) is 9.88 Å². The molecule has 0 aliphatic carbocycles. The van der Waals surface area contributed by atoms with Crippen molar-refractivity contribution < 1.29 is 24.2 Å². The maximum absolute atomic E-state index is 12.9. The Morgan fingerprint density at radius 3 is 2.40 bits per heavy atom. The standard InChI is InChI=1S/C23H26N2O5/c1-15(2)30-18-7-5-17(6-8-18)21(26)19-20(16-9-11-24-12-10-16)25(13-4-14-29-3)23(28)22(19)27/h5-12,15,20,26H,4,13-14H2,1-3H3/b21-19+/t20-/m1/s1. The second kappa shape index (κ2) is 9.54. The fraction of sp³-hybridized carbons (Fsp3) is 0.348. The number of likely N-dealkylation sites (tertiary alicyclic amines) is 1. The number of benzene rings is 1. The van der Waals surface area contributed by atoms with Gasteiger partial charge in [0.25, 0.3) is 11.7 Å². The van der Waals surface area contributed by atoms with Gasteiger partial charge in [0.2, 0.25) is 0 Å². The van der Waals surface area contributed by atoms with Crippen LogP contribution in [0.1, 0.15) is 37.4 Å². The first-order valence-corrected chi connectivity index (χ1v) is 9.88. The minimum atomic E-state index is -0.700. The van der Waals surface area contributed by atoms with Gasteiger partial charge in [0.05, 0.1) is 17.7 Å². The van der Waals surface area contributed by atoms with Crippen LogP contribution in [0.3, 0.4) is 0 Å². The van der Waals surface area contributed by atoms with Crippen molar-refractivity contribution in [2.75, 3.05) is 20.3 Å². The van der Waals surface area contributed by atoms with Crippen molar-refractivity contribution in [2.45, 2.75) is 32.4 Å². The van der Waals surface area contributed by atoms with Gasteiger partial charge in [0.1, 0.15) is 11.5 Å². The number of hydrogen-bond donors (Lipinski definition) is 1. The second-order valence-corrected chi connectivity index (χ2v) is 7.31. The monoisotopic (exact) mass is 410 g/mol. The van der Waals surface area contributed by atoms with Gasteiger partial charge in [-0.1, -0.05) is 0 Å². The molecule has 1 N–H and O–H groups in total. The van der Waals surface area contributed by atoms with E-state index >= 15 is 0 Å². The number of carbonyl (C=O) groups excluding carboxylic acids is 2. The third kappa shape index (κ3) is 4.52. The van der Waals surface area contributed by atoms with E-state index in [9.17, 15) is 14.7 Å². The summed E-state index contributed by atoms with van der Waals surface area (Å²) in [4.78, 5) is 31.1. The van der Waals surface area contributed by atoms with E-state index in [0.717, 1.165) is 0 Å². The zero-order valence-corrected chi connectivity index (χ0v) is 17.4. The van der Waals surface area contributed by atoms with Gasteiger partial charge in [0.15, 0.2) is 0 Å². The van der Waals surface area contributed by atoms with E-state index in [-0.39, 0.29) is 17.4 Å². The van der Waals surface area contributed by atoms with Crippen LogP contribution in [0.25, 0.3) is 5.76 Å². The molecule has 3 rings (SSSR count). The molecule has 0 unspecified atom stereocenters. The summed E-state index contributed by atoms with van der Waals surface area (Å²) in [6.45, 7) is 4.65. The molecule has 2 heterocycles. The molecule has 0 radical (unpaired) electrons. The Kier molecular flexibility index (Phi) is 6.84. The van der Waals surface area contributed by atoms with Gasteiger partial charge in [-0.25, -0.2) is 0 Å². The summed E-state index contributed by atoms with van der Waals surface area (Å²) in [5, 5.41) is 11.0. The van der Waals surface area contributed by atoms with E-state index in [1.54, 1.807) is 55.9 Å². The lowest BCUT2D eigenvalue weighted by Crippen LogP contribution is -2.31. The number of aliphatic hydroxyl groups is 1. The molecular formula is C23H26N2O5. The van der Waals surface area contributed by atoms with E-state index in [2.05, 4.69) is 4.98 Å². The SMILES string of the molecule is COCCCN1C(=O)C(=O)/C(=C(/O)c2ccc(OC(C)C)cc2)[C@H]1c1ccncc1. The van der Waals surface area contributed by atoms with Crippen molar-refractivity contribution in [1.29, 1.82) is 0 Å². The van der Waals surface area contributed by atoms with Crippen LogP contribution in [0.15, 0.2) is 54.4 Å². The number of hydrogen-bond acceptors (Lipinski definition) is 6. The summed E-state index contributed by atoms with van der Waals surface area (Å²) in [5.41, 5.74) is 1.23. The lowest BCUT2D eigenvalue weighted by molar-refractivity contribution is -0.140. The van der Waals surface area contributed by atoms with Crippen molar-refractivity contribution in [3.05, 3.63) is 65.5 Å². The highest BCUT2D eigenvalue weighted by atomic mass is 16.5. The summed E-state index contributed by atoms with van der Waals surface area (Å²) in [6, 6.07) is 9.61. The Morgan fingerprint density at radius 1 is 1.13 bits per heavy atom. The number of Topliss-reactive ketones (excluding diaryl/α,β-unsaturated/α-hetero) is 1. The molecule has 1 aliphatic heterocycles. The van der Waals surface area contributed by atoms with Gasteiger partial charge < -0.3 is 19.5 Å². The minimum absolute atomic E-state index is 0.0218. The summed E-state index contributed by atoms with van der Waals surface area (Å²) in [7, 11) is 1.58. The average molecular weight is 410 g/mol. The number of aromatic nitrogens is 1. The van der Waals surface area contributed by atoms with Crippen LogP contribution >= 0.6 is 0 Å². The molecule has 0 saturated carbocycles. The van der Waals surface area contributed by atoms with E-state index in [1.165, 1.54) is 4.90 Å². The number of methoxy groups -OCH3 is 1. The van der Waals surface area contributed by atoms with Gasteiger partial charge in [-0.05, 0) is 62.2 Å². The quantitative estimate of drug-likeness (QED) is 0.311. The number of aliphatic hydroxyl groups excluding tert-OH is 1. The number of rotatable bonds is 8. The van der Waals surface area contributed by atoms with Crippen LogP contribution in [0.2, 0.25) is 0 Å². The zero-order chi connectivity index (χ0) is 21.7. The molecule has 2 aromatic rings. The molecule has 1 amide bonds. The summed E-state index contributed by atoms with van der Waals surface area (Å²) < 4.78 is 10.7. The van der Waals surface area contributed by atoms with Crippen LogP contribution in [-0.4, -0.2) is 53.0 Å². The molecule has 1 saturated heterocycles. The molecule has 1 atom stereocenters. The predicted molar refractivity (Wildman–Crippen MR) is 112 cm³/mol. The van der Waals surface area contributed by atoms with E-state index in [1.807, 2.05) is 13.8 Å². The summed E-state index contributed by atoms with van der Waals surface area (Å²) in [5.74, 6) is -0.879. The average Bonchev–Trinajstić information content (AvgIpc) is 2.99. The largest absolute Gasteiger partial charge is 0.507 e. The fourth-order valence-electron chi connectivity index (χ4n) is 3.50. The third-order valence-electron chi connectivity index (χ3n) is 4.81. The van der Waals surface area contributed by atoms with Gasteiger partial charge in [-0.2, -0.15) is 0 Å². The maximum Gasteiger partial charge on any atom is 0.295 e. The van der Waals surface area contributed by atoms with Crippen LogP contribution in [0, 0.1) is 0 Å². The Hall–Kier alpha value is -3.19. The molecule has 1 aromatic carbocycles. The highest BCUT2D eigenvalue weighted by Gasteiger charge is 2.45. The molecule has 1 aliphatic rings. The smallest absolute Gasteiger partial charge is 0.295 e. The van der Waals surface area contributed by atoms with Gasteiger partial charge >= 0.3 is 0 Å². The lowest BCUT2D eigenvalue weighted by Gasteiger charge is -2.25. The lowest BCUT2D eigenvalue weighted by atomic mass is 9.96. The van der Waals surface area contributed by atoms with Gasteiger partial charge in [-0.3, -0.25) is 14.6 Å². The van der Waals surface area contributed by atoms with E-state index in [0.29, 0.717) is 36.4 Å². The first-order chi connectivity index (χ1) is 14.4. The normalized spacial score (nSPS) is 18.3. The van der Waals surface area contributed by atoms with E-state index < -0.39 is 17.7 Å². The van der Waals surface area contributed by atoms with Crippen LogP contribution < -0.4 is 4.74 Å². The van der Waals surface area contributed by atoms with Crippen LogP contribution in [0.4, 0.5) is 0 Å². The Bertz CT molecular complexity index is 922. The van der Waals surface area contributed by atoms with Crippen molar-refractivity contribution >= 4 is 17.4 Å². The fourth-order valence-corrected chi connectivity index (χ4v) is 3.50. The number of amides is 1. The third-order valence-corrected chi connectivity index (χ3v) is 4.81. The van der Waals surface area contributed by atoms with Crippen molar-refractivity contribution in [3.8, 4) is 5.75 Å². The Morgan fingerprint density at radius 2 is 1.80 bits per heavy atom. The first-order valence-electron chi connectivity index (χ1n) is 9.88. The Balaban J connectivity index is 2.02. The summed E-state index contributed by atoms with van der Waals surface area (Å²) in [6.07, 6.45) is 3.80. The summed E-state index contributed by atoms with van der Waals surface area (Å²) >= 11 is 0. The minimum Gasteiger partial charge on any atom is -0.507 e. The molecule has 0 bridgehead atoms. The molecule has 30 heavy (non-hydrogen) atoms. The topological polar surface area (TPSA) is 89.0 Å². The molecule has 1 aromatic heterocycles. The van der Waals surface area contributed by atoms with Gasteiger partial charge in [-0.15, -0.1) is 0 Å². The van der Waals surface area contributed by atoms with Crippen molar-refractivity contribution in [2.24, 2.45) is 0 Å². The number of ketones is 1. The number of carbonyl (C=O) groups is 2. The molecule has 7 nitrogen and oxygen atoms in total. The highest BCUT2D eigenvalue weighted by molar-refractivity contribution is 6.46. The van der Waals surface area contributed by atoms with Gasteiger partial charge in [0, 0.05) is 38.2 Å². The zero-order valence-electron chi connectivity index (χ0n) is 17.4. The molecule has 7 heteroatoms. The Labute approximate surface area is 175 Å². The highest BCUT2D eigenvalue weighted by Crippen LogP contribution is 2.39. The number of pyridine rings is 1. The molecular weight excluding hydrogens is 384 g/mol. The number of nitrogens with zero attached hydrogens (tertiary/aromatic N) is 2. The maximum atomic E-state index is 12.9. The first kappa shape index (κ1) is 21.5. The number of ether oxygens (including phenoxy) is 2. The van der Waals surface area contributed by atoms with Crippen LogP contribution in [-0.2, 0) is 14.3 Å². The van der Waals surface area contributed by atoms with E-state index in [4.69, 9.17) is 9.47 Å². The molecule has 1 fully saturated rings. The molecule has 0 spiro atoms. The molecule has 158 valence electrons. The van der Waals surface area contributed by atoms with Crippen molar-refractivity contribution in [3.63, 3.8) is 0 Å².